The van der Waals surface area contributed by atoms with Gasteiger partial charge in [0.2, 0.25) is 11.8 Å². The number of nitrogens with one attached hydrogen (secondary N) is 1. The second kappa shape index (κ2) is 6.99. The van der Waals surface area contributed by atoms with Crippen LogP contribution in [0.25, 0.3) is 0 Å². The van der Waals surface area contributed by atoms with Crippen molar-refractivity contribution >= 4 is 23.6 Å². The highest BCUT2D eigenvalue weighted by Gasteiger charge is 2.46. The van der Waals surface area contributed by atoms with E-state index in [1.165, 1.54) is 19.3 Å². The molecule has 8 nitrogen and oxygen atoms in total. The molecule has 1 aromatic rings. The summed E-state index contributed by atoms with van der Waals surface area (Å²) < 4.78 is 0. The van der Waals surface area contributed by atoms with Crippen LogP contribution in [0.15, 0.2) is 18.2 Å². The largest absolute Gasteiger partial charge is 0.327 e. The van der Waals surface area contributed by atoms with Crippen molar-refractivity contribution < 1.29 is 19.2 Å². The molecular weight excluding hydrogens is 384 g/mol. The quantitative estimate of drug-likeness (QED) is 0.713. The molecule has 1 aromatic carbocycles. The SMILES string of the molecule is NC1CN(Cc2cccc3c2C(=O)N(C2CCC(=O)NC2=O)C3=O)CC2(CCC2)C1. The minimum absolute atomic E-state index is 0.115. The summed E-state index contributed by atoms with van der Waals surface area (Å²) in [6, 6.07) is 4.49. The molecule has 30 heavy (non-hydrogen) atoms. The Labute approximate surface area is 174 Å². The molecule has 158 valence electrons. The monoisotopic (exact) mass is 410 g/mol. The number of amides is 4. The van der Waals surface area contributed by atoms with E-state index in [9.17, 15) is 19.2 Å². The first kappa shape index (κ1) is 19.4. The highest BCUT2D eigenvalue weighted by molar-refractivity contribution is 6.24. The second-order valence-electron chi connectivity index (χ2n) is 9.27. The van der Waals surface area contributed by atoms with Crippen LogP contribution < -0.4 is 11.1 Å². The van der Waals surface area contributed by atoms with Gasteiger partial charge in [0.25, 0.3) is 11.8 Å². The van der Waals surface area contributed by atoms with Gasteiger partial charge in [0.15, 0.2) is 0 Å². The van der Waals surface area contributed by atoms with Crippen LogP contribution in [-0.4, -0.2) is 58.6 Å². The zero-order chi connectivity index (χ0) is 21.0. The number of carbonyl (C=O) groups excluding carboxylic acids is 4. The number of hydrogen-bond donors (Lipinski definition) is 2. The van der Waals surface area contributed by atoms with Gasteiger partial charge in [0.1, 0.15) is 6.04 Å². The van der Waals surface area contributed by atoms with Crippen LogP contribution in [0.4, 0.5) is 0 Å². The van der Waals surface area contributed by atoms with E-state index in [1.54, 1.807) is 12.1 Å². The lowest BCUT2D eigenvalue weighted by molar-refractivity contribution is -0.136. The summed E-state index contributed by atoms with van der Waals surface area (Å²) in [6.45, 7) is 2.29. The molecule has 0 bridgehead atoms. The lowest BCUT2D eigenvalue weighted by Crippen LogP contribution is -2.54. The van der Waals surface area contributed by atoms with Gasteiger partial charge in [-0.25, -0.2) is 0 Å². The van der Waals surface area contributed by atoms with Gasteiger partial charge in [-0.05, 0) is 42.7 Å². The van der Waals surface area contributed by atoms with E-state index in [2.05, 4.69) is 10.2 Å². The Bertz CT molecular complexity index is 954. The molecule has 8 heteroatoms. The number of fused-ring (bicyclic) bond motifs is 1. The Morgan fingerprint density at radius 3 is 2.63 bits per heavy atom. The van der Waals surface area contributed by atoms with E-state index in [4.69, 9.17) is 5.73 Å². The van der Waals surface area contributed by atoms with E-state index < -0.39 is 23.8 Å². The maximum atomic E-state index is 13.3. The zero-order valence-electron chi connectivity index (χ0n) is 16.9. The van der Waals surface area contributed by atoms with Crippen molar-refractivity contribution in [3.05, 3.63) is 34.9 Å². The summed E-state index contributed by atoms with van der Waals surface area (Å²) in [5.41, 5.74) is 8.14. The van der Waals surface area contributed by atoms with Crippen molar-refractivity contribution in [2.75, 3.05) is 13.1 Å². The van der Waals surface area contributed by atoms with Gasteiger partial charge < -0.3 is 5.73 Å². The van der Waals surface area contributed by atoms with Crippen LogP contribution in [0.5, 0.6) is 0 Å². The first-order valence-corrected chi connectivity index (χ1v) is 10.7. The first-order valence-electron chi connectivity index (χ1n) is 10.7. The molecule has 3 aliphatic heterocycles. The topological polar surface area (TPSA) is 113 Å². The van der Waals surface area contributed by atoms with Crippen LogP contribution in [0, 0.1) is 5.41 Å². The fourth-order valence-corrected chi connectivity index (χ4v) is 5.67. The molecule has 2 unspecified atom stereocenters. The van der Waals surface area contributed by atoms with Gasteiger partial charge in [-0.3, -0.25) is 34.3 Å². The third kappa shape index (κ3) is 3.06. The minimum Gasteiger partial charge on any atom is -0.327 e. The summed E-state index contributed by atoms with van der Waals surface area (Å²) >= 11 is 0. The third-order valence-electron chi connectivity index (χ3n) is 7.11. The fraction of sp³-hybridized carbons (Fsp3) is 0.545. The first-order chi connectivity index (χ1) is 14.4. The highest BCUT2D eigenvalue weighted by atomic mass is 16.2. The highest BCUT2D eigenvalue weighted by Crippen LogP contribution is 2.47. The van der Waals surface area contributed by atoms with E-state index in [1.807, 2.05) is 6.07 Å². The number of nitrogens with two attached hydrogens (primary N) is 1. The number of rotatable bonds is 3. The molecule has 3 heterocycles. The van der Waals surface area contributed by atoms with Crippen LogP contribution in [0.2, 0.25) is 0 Å². The predicted molar refractivity (Wildman–Crippen MR) is 107 cm³/mol. The average Bonchev–Trinajstić information content (AvgIpc) is 2.92. The van der Waals surface area contributed by atoms with Crippen molar-refractivity contribution in [3.63, 3.8) is 0 Å². The normalized spacial score (nSPS) is 28.5. The number of likely N-dealkylation sites (tertiary alicyclic amines) is 1. The minimum atomic E-state index is -0.940. The molecule has 3 fully saturated rings. The Hall–Kier alpha value is -2.58. The van der Waals surface area contributed by atoms with E-state index in [-0.39, 0.29) is 24.8 Å². The van der Waals surface area contributed by atoms with Gasteiger partial charge in [-0.15, -0.1) is 0 Å². The summed E-state index contributed by atoms with van der Waals surface area (Å²) in [5.74, 6) is -1.87. The Kier molecular flexibility index (Phi) is 4.52. The number of carbonyl (C=O) groups is 4. The van der Waals surface area contributed by atoms with Gasteiger partial charge in [-0.2, -0.15) is 0 Å². The van der Waals surface area contributed by atoms with Crippen molar-refractivity contribution in [1.29, 1.82) is 0 Å². The third-order valence-corrected chi connectivity index (χ3v) is 7.11. The van der Waals surface area contributed by atoms with Gasteiger partial charge in [0, 0.05) is 32.1 Å². The van der Waals surface area contributed by atoms with Gasteiger partial charge in [0.05, 0.1) is 11.1 Å². The maximum Gasteiger partial charge on any atom is 0.262 e. The van der Waals surface area contributed by atoms with Crippen LogP contribution in [0.3, 0.4) is 0 Å². The Balaban J connectivity index is 1.41. The van der Waals surface area contributed by atoms with Gasteiger partial charge in [-0.1, -0.05) is 18.6 Å². The van der Waals surface area contributed by atoms with Crippen molar-refractivity contribution in [2.45, 2.75) is 57.2 Å². The second-order valence-corrected chi connectivity index (χ2v) is 9.27. The Morgan fingerprint density at radius 1 is 1.13 bits per heavy atom. The lowest BCUT2D eigenvalue weighted by atomic mass is 9.63. The molecule has 5 rings (SSSR count). The van der Waals surface area contributed by atoms with E-state index in [0.717, 1.165) is 30.0 Å². The molecule has 4 amide bonds. The molecule has 1 aliphatic carbocycles. The van der Waals surface area contributed by atoms with E-state index in [0.29, 0.717) is 23.1 Å². The molecule has 1 spiro atoms. The summed E-state index contributed by atoms with van der Waals surface area (Å²) in [5, 5.41) is 2.24. The smallest absolute Gasteiger partial charge is 0.262 e. The van der Waals surface area contributed by atoms with Crippen molar-refractivity contribution in [1.82, 2.24) is 15.1 Å². The molecule has 1 saturated carbocycles. The number of imide groups is 2. The molecule has 4 aliphatic rings. The van der Waals surface area contributed by atoms with Crippen LogP contribution in [0.1, 0.15) is 64.8 Å². The van der Waals surface area contributed by atoms with E-state index >= 15 is 0 Å². The lowest BCUT2D eigenvalue weighted by Gasteiger charge is -2.51. The maximum absolute atomic E-state index is 13.3. The summed E-state index contributed by atoms with van der Waals surface area (Å²) in [6.07, 6.45) is 4.97. The number of piperidine rings is 2. The molecule has 2 saturated heterocycles. The molecule has 0 radical (unpaired) electrons. The van der Waals surface area contributed by atoms with Crippen molar-refractivity contribution in [2.24, 2.45) is 11.1 Å². The number of hydrogen-bond acceptors (Lipinski definition) is 6. The number of benzene rings is 1. The zero-order valence-corrected chi connectivity index (χ0v) is 16.9. The molecule has 0 aromatic heterocycles. The molecular formula is C22H26N4O4. The molecule has 3 N–H and O–H groups in total. The summed E-state index contributed by atoms with van der Waals surface area (Å²) in [7, 11) is 0. The predicted octanol–water partition coefficient (Wildman–Crippen LogP) is 0.791. The van der Waals surface area contributed by atoms with Crippen LogP contribution in [-0.2, 0) is 16.1 Å². The van der Waals surface area contributed by atoms with Gasteiger partial charge >= 0.3 is 0 Å². The van der Waals surface area contributed by atoms with Crippen molar-refractivity contribution in [3.8, 4) is 0 Å². The van der Waals surface area contributed by atoms with Crippen LogP contribution >= 0.6 is 0 Å². The summed E-state index contributed by atoms with van der Waals surface area (Å²) in [4.78, 5) is 53.3. The number of nitrogens with zero attached hydrogens (tertiary/aromatic N) is 2. The Morgan fingerprint density at radius 2 is 1.93 bits per heavy atom. The molecule has 2 atom stereocenters. The average molecular weight is 410 g/mol. The fourth-order valence-electron chi connectivity index (χ4n) is 5.67. The standard InChI is InChI=1S/C22H26N4O4/c23-14-9-22(7-2-8-22)12-25(11-14)10-13-3-1-4-15-18(13)21(30)26(20(15)29)16-5-6-17(27)24-19(16)28/h1,3-4,14,16H,2,5-12,23H2,(H,24,27,28).